The number of allylic oxidation sites excluding steroid dienone is 8. The van der Waals surface area contributed by atoms with Gasteiger partial charge in [0, 0.05) is 0 Å². The van der Waals surface area contributed by atoms with Crippen LogP contribution in [0.3, 0.4) is 0 Å². The van der Waals surface area contributed by atoms with Gasteiger partial charge in [0.25, 0.3) is 0 Å². The van der Waals surface area contributed by atoms with Gasteiger partial charge in [0.05, 0.1) is 8.07 Å². The summed E-state index contributed by atoms with van der Waals surface area (Å²) < 4.78 is 0. The number of hydrogen-bond acceptors (Lipinski definition) is 0. The molecule has 0 spiro atoms. The van der Waals surface area contributed by atoms with E-state index in [4.69, 9.17) is 0 Å². The Hall–Kier alpha value is -0.823. The van der Waals surface area contributed by atoms with E-state index in [1.807, 2.05) is 0 Å². The van der Waals surface area contributed by atoms with Crippen molar-refractivity contribution in [2.45, 2.75) is 65.7 Å². The summed E-state index contributed by atoms with van der Waals surface area (Å²) in [6, 6.07) is 0. The van der Waals surface area contributed by atoms with Gasteiger partial charge in [-0.3, -0.25) is 0 Å². The molecule has 0 aromatic carbocycles. The van der Waals surface area contributed by atoms with Gasteiger partial charge in [-0.15, -0.1) is 0 Å². The molecule has 0 aliphatic heterocycles. The first-order valence-corrected chi connectivity index (χ1v) is 11.6. The van der Waals surface area contributed by atoms with Crippen molar-refractivity contribution < 1.29 is 0 Å². The van der Waals surface area contributed by atoms with E-state index < -0.39 is 8.07 Å². The zero-order chi connectivity index (χ0) is 15.9. The third-order valence-corrected chi connectivity index (χ3v) is 9.95. The molecule has 0 bridgehead atoms. The molecule has 2 atom stereocenters. The molecule has 0 N–H and O–H groups in total. The normalized spacial score (nSPS) is 26.2. The van der Waals surface area contributed by atoms with Crippen LogP contribution in [0.2, 0.25) is 24.2 Å². The monoisotopic (exact) mass is 300 g/mol. The molecule has 0 heterocycles. The second-order valence-electron chi connectivity index (χ2n) is 8.12. The van der Waals surface area contributed by atoms with E-state index >= 15 is 0 Å². The number of rotatable bonds is 4. The van der Waals surface area contributed by atoms with Crippen molar-refractivity contribution in [3.05, 3.63) is 46.6 Å². The van der Waals surface area contributed by atoms with E-state index in [9.17, 15) is 0 Å². The van der Waals surface area contributed by atoms with Gasteiger partial charge in [-0.1, -0.05) is 81.8 Å². The molecule has 0 saturated heterocycles. The lowest BCUT2D eigenvalue weighted by Crippen LogP contribution is -2.38. The Labute approximate surface area is 132 Å². The van der Waals surface area contributed by atoms with E-state index in [0.717, 1.165) is 0 Å². The van der Waals surface area contributed by atoms with Gasteiger partial charge in [0.15, 0.2) is 0 Å². The van der Waals surface area contributed by atoms with Gasteiger partial charge in [0.2, 0.25) is 0 Å². The van der Waals surface area contributed by atoms with Gasteiger partial charge in [-0.05, 0) is 42.3 Å². The van der Waals surface area contributed by atoms with E-state index in [1.54, 1.807) is 16.7 Å². The van der Waals surface area contributed by atoms with Crippen LogP contribution in [0.1, 0.15) is 41.5 Å². The average molecular weight is 301 g/mol. The fourth-order valence-corrected chi connectivity index (χ4v) is 8.13. The molecule has 1 heteroatoms. The highest BCUT2D eigenvalue weighted by Gasteiger charge is 2.43. The van der Waals surface area contributed by atoms with Crippen molar-refractivity contribution in [3.8, 4) is 0 Å². The van der Waals surface area contributed by atoms with Crippen molar-refractivity contribution in [2.24, 2.45) is 11.8 Å². The molecule has 0 radical (unpaired) electrons. The molecule has 0 aromatic heterocycles. The molecule has 116 valence electrons. The number of hydrogen-bond donors (Lipinski definition) is 0. The molecule has 0 saturated carbocycles. The average Bonchev–Trinajstić information content (AvgIpc) is 2.95. The first-order chi connectivity index (χ1) is 9.66. The van der Waals surface area contributed by atoms with Crippen LogP contribution in [0.4, 0.5) is 0 Å². The lowest BCUT2D eigenvalue weighted by molar-refractivity contribution is 0.742. The SMILES string of the molecule is CC1=C(C)C([Si](C)(C)C2C=C(C(C)C)C=C2C(C)C)C=C1. The Bertz CT molecular complexity index is 538. The predicted octanol–water partition coefficient (Wildman–Crippen LogP) is 6.52. The largest absolute Gasteiger partial charge is 0.0798 e. The van der Waals surface area contributed by atoms with E-state index in [1.165, 1.54) is 5.57 Å². The molecule has 21 heavy (non-hydrogen) atoms. The van der Waals surface area contributed by atoms with Crippen molar-refractivity contribution in [3.63, 3.8) is 0 Å². The summed E-state index contributed by atoms with van der Waals surface area (Å²) in [5.41, 5.74) is 7.74. The third-order valence-electron chi connectivity index (χ3n) is 5.62. The molecular formula is C20H32Si. The van der Waals surface area contributed by atoms with Crippen molar-refractivity contribution in [1.82, 2.24) is 0 Å². The summed E-state index contributed by atoms with van der Waals surface area (Å²) in [4.78, 5) is 0. The zero-order valence-corrected chi connectivity index (χ0v) is 16.1. The van der Waals surface area contributed by atoms with Crippen LogP contribution in [-0.4, -0.2) is 8.07 Å². The lowest BCUT2D eigenvalue weighted by atomic mass is 10.0. The second-order valence-corrected chi connectivity index (χ2v) is 13.0. The van der Waals surface area contributed by atoms with Crippen LogP contribution in [0.15, 0.2) is 46.6 Å². The Morgan fingerprint density at radius 1 is 0.952 bits per heavy atom. The lowest BCUT2D eigenvalue weighted by Gasteiger charge is -2.37. The molecule has 0 fully saturated rings. The maximum absolute atomic E-state index is 2.61. The van der Waals surface area contributed by atoms with Crippen LogP contribution in [0.5, 0.6) is 0 Å². The second kappa shape index (κ2) is 5.76. The quantitative estimate of drug-likeness (QED) is 0.518. The minimum absolute atomic E-state index is 0.644. The smallest absolute Gasteiger partial charge is 0.0706 e. The molecule has 2 aliphatic rings. The summed E-state index contributed by atoms with van der Waals surface area (Å²) in [5, 5.41) is 0. The Morgan fingerprint density at radius 3 is 2.00 bits per heavy atom. The summed E-state index contributed by atoms with van der Waals surface area (Å²) in [6.45, 7) is 19.1. The topological polar surface area (TPSA) is 0 Å². The molecule has 0 nitrogen and oxygen atoms in total. The highest BCUT2D eigenvalue weighted by Crippen LogP contribution is 2.51. The van der Waals surface area contributed by atoms with Crippen molar-refractivity contribution in [2.75, 3.05) is 0 Å². The van der Waals surface area contributed by atoms with Gasteiger partial charge in [0.1, 0.15) is 0 Å². The molecular weight excluding hydrogens is 268 g/mol. The first kappa shape index (κ1) is 16.5. The maximum atomic E-state index is 2.61. The maximum Gasteiger partial charge on any atom is 0.0706 e. The first-order valence-electron chi connectivity index (χ1n) is 8.45. The van der Waals surface area contributed by atoms with Crippen LogP contribution in [-0.2, 0) is 0 Å². The van der Waals surface area contributed by atoms with Gasteiger partial charge >= 0.3 is 0 Å². The summed E-state index contributed by atoms with van der Waals surface area (Å²) in [6.07, 6.45) is 9.95. The molecule has 2 unspecified atom stereocenters. The van der Waals surface area contributed by atoms with E-state index in [0.29, 0.717) is 22.9 Å². The summed E-state index contributed by atoms with van der Waals surface area (Å²) in [5.74, 6) is 1.30. The fourth-order valence-electron chi connectivity index (χ4n) is 3.91. The minimum Gasteiger partial charge on any atom is -0.0798 e. The highest BCUT2D eigenvalue weighted by molar-refractivity contribution is 6.82. The van der Waals surface area contributed by atoms with Crippen LogP contribution < -0.4 is 0 Å². The van der Waals surface area contributed by atoms with Gasteiger partial charge in [-0.25, -0.2) is 0 Å². The molecule has 2 aliphatic carbocycles. The fraction of sp³-hybridized carbons (Fsp3) is 0.600. The summed E-state index contributed by atoms with van der Waals surface area (Å²) in [7, 11) is -1.44. The standard InChI is InChI=1S/C20H32Si/c1-13(2)17-11-18(14(3)4)20(12-17)21(7,8)19-10-9-15(5)16(19)6/h9-14,19-20H,1-8H3. The molecule has 2 rings (SSSR count). The van der Waals surface area contributed by atoms with E-state index in [2.05, 4.69) is 78.9 Å². The van der Waals surface area contributed by atoms with Crippen LogP contribution >= 0.6 is 0 Å². The van der Waals surface area contributed by atoms with Crippen molar-refractivity contribution >= 4 is 8.07 Å². The Morgan fingerprint density at radius 2 is 1.57 bits per heavy atom. The minimum atomic E-state index is -1.44. The molecule has 0 aromatic rings. The Balaban J connectivity index is 2.40. The van der Waals surface area contributed by atoms with E-state index in [-0.39, 0.29) is 0 Å². The highest BCUT2D eigenvalue weighted by atomic mass is 28.3. The predicted molar refractivity (Wildman–Crippen MR) is 98.3 cm³/mol. The van der Waals surface area contributed by atoms with Crippen LogP contribution in [0.25, 0.3) is 0 Å². The molecule has 0 amide bonds. The summed E-state index contributed by atoms with van der Waals surface area (Å²) >= 11 is 0. The zero-order valence-electron chi connectivity index (χ0n) is 15.1. The van der Waals surface area contributed by atoms with Gasteiger partial charge < -0.3 is 0 Å². The van der Waals surface area contributed by atoms with Crippen LogP contribution in [0, 0.1) is 11.8 Å². The third kappa shape index (κ3) is 2.90. The Kier molecular flexibility index (Phi) is 4.54. The van der Waals surface area contributed by atoms with Crippen molar-refractivity contribution in [1.29, 1.82) is 0 Å². The van der Waals surface area contributed by atoms with Gasteiger partial charge in [-0.2, -0.15) is 0 Å².